The Bertz CT molecular complexity index is 717. The van der Waals surface area contributed by atoms with Crippen LogP contribution < -0.4 is 4.90 Å². The van der Waals surface area contributed by atoms with Gasteiger partial charge in [0.1, 0.15) is 5.82 Å². The topological polar surface area (TPSA) is 20.3 Å². The Kier molecular flexibility index (Phi) is 6.30. The van der Waals surface area contributed by atoms with Gasteiger partial charge in [0, 0.05) is 26.2 Å². The van der Waals surface area contributed by atoms with Crippen LogP contribution in [0.2, 0.25) is 0 Å². The fourth-order valence-corrected chi connectivity index (χ4v) is 2.53. The van der Waals surface area contributed by atoms with Crippen LogP contribution >= 0.6 is 0 Å². The molecule has 1 fully saturated rings. The van der Waals surface area contributed by atoms with E-state index in [1.807, 2.05) is 20.2 Å². The molecule has 1 saturated carbocycles. The summed E-state index contributed by atoms with van der Waals surface area (Å²) in [4.78, 5) is 13.4. The van der Waals surface area contributed by atoms with Crippen LogP contribution in [0.1, 0.15) is 30.4 Å². The number of rotatable bonds is 2. The lowest BCUT2D eigenvalue weighted by Gasteiger charge is -2.11. The third-order valence-electron chi connectivity index (χ3n) is 3.95. The molecule has 0 spiro atoms. The zero-order valence-corrected chi connectivity index (χ0v) is 14.6. The minimum absolute atomic E-state index is 0.203. The minimum atomic E-state index is -0.259. The van der Waals surface area contributed by atoms with Gasteiger partial charge in [0.15, 0.2) is 5.78 Å². The van der Waals surface area contributed by atoms with Gasteiger partial charge in [0.25, 0.3) is 0 Å². The Morgan fingerprint density at radius 2 is 1.75 bits per heavy atom. The summed E-state index contributed by atoms with van der Waals surface area (Å²) >= 11 is 0. The van der Waals surface area contributed by atoms with Gasteiger partial charge in [-0.3, -0.25) is 4.79 Å². The molecular weight excluding hydrogens is 301 g/mol. The Morgan fingerprint density at radius 3 is 2.29 bits per heavy atom. The van der Waals surface area contributed by atoms with Gasteiger partial charge in [-0.2, -0.15) is 0 Å². The zero-order valence-electron chi connectivity index (χ0n) is 14.6. The van der Waals surface area contributed by atoms with Crippen molar-refractivity contribution < 1.29 is 9.18 Å². The maximum Gasteiger partial charge on any atom is 0.158 e. The summed E-state index contributed by atoms with van der Waals surface area (Å²) < 4.78 is 12.8. The number of allylic oxidation sites excluding steroid dienone is 1. The lowest BCUT2D eigenvalue weighted by molar-refractivity contribution is -0.114. The van der Waals surface area contributed by atoms with Crippen molar-refractivity contribution in [3.8, 4) is 0 Å². The van der Waals surface area contributed by atoms with Crippen molar-refractivity contribution in [2.24, 2.45) is 0 Å². The largest absolute Gasteiger partial charge is 0.378 e. The van der Waals surface area contributed by atoms with Crippen molar-refractivity contribution in [2.75, 3.05) is 19.0 Å². The van der Waals surface area contributed by atoms with Gasteiger partial charge < -0.3 is 4.90 Å². The number of hydrogen-bond acceptors (Lipinski definition) is 2. The molecule has 0 bridgehead atoms. The number of hydrogen-bond donors (Lipinski definition) is 0. The average molecular weight is 325 g/mol. The van der Waals surface area contributed by atoms with Crippen LogP contribution in [0.25, 0.3) is 6.08 Å². The molecule has 1 aliphatic carbocycles. The molecule has 0 aliphatic heterocycles. The van der Waals surface area contributed by atoms with E-state index in [1.54, 1.807) is 12.1 Å². The van der Waals surface area contributed by atoms with Crippen LogP contribution in [0.4, 0.5) is 10.1 Å². The molecule has 0 unspecified atom stereocenters. The molecule has 0 amide bonds. The van der Waals surface area contributed by atoms with Gasteiger partial charge in [-0.05, 0) is 61.2 Å². The van der Waals surface area contributed by atoms with Crippen molar-refractivity contribution >= 4 is 17.5 Å². The van der Waals surface area contributed by atoms with E-state index in [4.69, 9.17) is 0 Å². The number of anilines is 1. The molecule has 3 rings (SSSR count). The predicted octanol–water partition coefficient (Wildman–Crippen LogP) is 5.02. The van der Waals surface area contributed by atoms with E-state index in [9.17, 15) is 9.18 Å². The average Bonchev–Trinajstić information content (AvgIpc) is 2.93. The third-order valence-corrected chi connectivity index (χ3v) is 3.95. The third kappa shape index (κ3) is 5.34. The van der Waals surface area contributed by atoms with E-state index >= 15 is 0 Å². The van der Waals surface area contributed by atoms with Gasteiger partial charge >= 0.3 is 0 Å². The van der Waals surface area contributed by atoms with Crippen LogP contribution in [-0.2, 0) is 4.79 Å². The number of nitrogens with zero attached hydrogens (tertiary/aromatic N) is 1. The van der Waals surface area contributed by atoms with Gasteiger partial charge in [-0.15, -0.1) is 0 Å². The summed E-state index contributed by atoms with van der Waals surface area (Å²) in [7, 11) is 4.09. The normalized spacial score (nSPS) is 15.2. The van der Waals surface area contributed by atoms with Gasteiger partial charge in [-0.1, -0.05) is 29.8 Å². The number of halogens is 1. The number of carbonyl (C=O) groups is 1. The first-order valence-electron chi connectivity index (χ1n) is 8.19. The van der Waals surface area contributed by atoms with Gasteiger partial charge in [-0.25, -0.2) is 4.39 Å². The smallest absolute Gasteiger partial charge is 0.158 e. The molecule has 2 aromatic carbocycles. The predicted molar refractivity (Wildman–Crippen MR) is 98.7 cm³/mol. The van der Waals surface area contributed by atoms with Gasteiger partial charge in [0.2, 0.25) is 0 Å². The Hall–Kier alpha value is -2.42. The van der Waals surface area contributed by atoms with Crippen LogP contribution in [0.5, 0.6) is 0 Å². The number of carbonyl (C=O) groups excluding carboxylic acids is 1. The maximum absolute atomic E-state index is 12.8. The van der Waals surface area contributed by atoms with Crippen LogP contribution in [-0.4, -0.2) is 19.9 Å². The monoisotopic (exact) mass is 325 g/mol. The highest BCUT2D eigenvalue weighted by Crippen LogP contribution is 2.22. The van der Waals surface area contributed by atoms with E-state index in [-0.39, 0.29) is 11.6 Å². The highest BCUT2D eigenvalue weighted by molar-refractivity contribution is 6.01. The van der Waals surface area contributed by atoms with Crippen LogP contribution in [0.15, 0.2) is 54.1 Å². The summed E-state index contributed by atoms with van der Waals surface area (Å²) in [6, 6.07) is 14.8. The van der Waals surface area contributed by atoms with E-state index < -0.39 is 0 Å². The number of ketones is 1. The van der Waals surface area contributed by atoms with Gasteiger partial charge in [0.05, 0.1) is 0 Å². The molecular formula is C21H24FNO. The molecule has 1 aliphatic rings. The summed E-state index contributed by atoms with van der Waals surface area (Å²) in [5.41, 5.74) is 4.17. The maximum atomic E-state index is 12.8. The van der Waals surface area contributed by atoms with Crippen molar-refractivity contribution in [3.05, 3.63) is 71.0 Å². The molecule has 0 heterocycles. The Balaban J connectivity index is 0.000000185. The second-order valence-electron chi connectivity index (χ2n) is 6.23. The molecule has 0 saturated heterocycles. The fourth-order valence-electron chi connectivity index (χ4n) is 2.53. The second-order valence-corrected chi connectivity index (χ2v) is 6.23. The summed E-state index contributed by atoms with van der Waals surface area (Å²) in [5.74, 6) is -0.0564. The summed E-state index contributed by atoms with van der Waals surface area (Å²) in [6.45, 7) is 2.10. The summed E-state index contributed by atoms with van der Waals surface area (Å²) in [5, 5.41) is 0. The first-order chi connectivity index (χ1) is 11.5. The van der Waals surface area contributed by atoms with Crippen molar-refractivity contribution in [1.82, 2.24) is 0 Å². The SMILES string of the molecule is Cc1ccc(N(C)C)cc1.O=C1CCCC1=Cc1cccc(F)c1. The fraction of sp³-hybridized carbons (Fsp3) is 0.286. The van der Waals surface area contributed by atoms with E-state index in [0.717, 1.165) is 24.0 Å². The molecule has 0 atom stereocenters. The zero-order chi connectivity index (χ0) is 17.5. The Morgan fingerprint density at radius 1 is 1.04 bits per heavy atom. The van der Waals surface area contributed by atoms with Crippen LogP contribution in [0.3, 0.4) is 0 Å². The number of aryl methyl sites for hydroxylation is 1. The molecule has 2 nitrogen and oxygen atoms in total. The molecule has 3 heteroatoms. The second kappa shape index (κ2) is 8.44. The van der Waals surface area contributed by atoms with Crippen molar-refractivity contribution in [1.29, 1.82) is 0 Å². The first-order valence-corrected chi connectivity index (χ1v) is 8.19. The standard InChI is InChI=1S/C12H11FO.C9H13N/c13-11-5-1-3-9(8-11)7-10-4-2-6-12(10)14;1-8-4-6-9(7-5-8)10(2)3/h1,3,5,7-8H,2,4,6H2;4-7H,1-3H3. The highest BCUT2D eigenvalue weighted by Gasteiger charge is 2.16. The van der Waals surface area contributed by atoms with E-state index in [0.29, 0.717) is 6.42 Å². The molecule has 126 valence electrons. The van der Waals surface area contributed by atoms with Crippen molar-refractivity contribution in [2.45, 2.75) is 26.2 Å². The molecule has 2 aromatic rings. The molecule has 0 aromatic heterocycles. The Labute approximate surface area is 143 Å². The number of Topliss-reactive ketones (excluding diaryl/α,β-unsaturated/α-hetero) is 1. The molecule has 0 N–H and O–H groups in total. The lowest BCUT2D eigenvalue weighted by atomic mass is 10.1. The molecule has 0 radical (unpaired) electrons. The van der Waals surface area contributed by atoms with E-state index in [2.05, 4.69) is 36.1 Å². The first kappa shape index (κ1) is 17.9. The number of benzene rings is 2. The summed E-state index contributed by atoms with van der Waals surface area (Å²) in [6.07, 6.45) is 4.19. The quantitative estimate of drug-likeness (QED) is 0.722. The van der Waals surface area contributed by atoms with Crippen LogP contribution in [0, 0.1) is 12.7 Å². The highest BCUT2D eigenvalue weighted by atomic mass is 19.1. The minimum Gasteiger partial charge on any atom is -0.378 e. The van der Waals surface area contributed by atoms with E-state index in [1.165, 1.54) is 23.4 Å². The molecule has 24 heavy (non-hydrogen) atoms. The van der Waals surface area contributed by atoms with Crippen molar-refractivity contribution in [3.63, 3.8) is 0 Å². The lowest BCUT2D eigenvalue weighted by Crippen LogP contribution is -2.07.